The third kappa shape index (κ3) is 4.60. The summed E-state index contributed by atoms with van der Waals surface area (Å²) in [4.78, 5) is 0. The summed E-state index contributed by atoms with van der Waals surface area (Å²) in [6.07, 6.45) is 4.26. The molecule has 0 fully saturated rings. The lowest BCUT2D eigenvalue weighted by Crippen LogP contribution is -2.16. The normalized spacial score (nSPS) is 10.8. The molecule has 114 valence electrons. The fraction of sp³-hybridized carbons (Fsp3) is 0.471. The average Bonchev–Trinajstić information content (AvgIpc) is 2.84. The van der Waals surface area contributed by atoms with Gasteiger partial charge in [0.25, 0.3) is 0 Å². The Morgan fingerprint density at radius 2 is 2.19 bits per heavy atom. The molecule has 2 aromatic rings. The summed E-state index contributed by atoms with van der Waals surface area (Å²) < 4.78 is 7.28. The van der Waals surface area contributed by atoms with Crippen molar-refractivity contribution in [2.75, 3.05) is 13.7 Å². The van der Waals surface area contributed by atoms with Crippen molar-refractivity contribution in [2.45, 2.75) is 39.8 Å². The minimum absolute atomic E-state index is 0.875. The van der Waals surface area contributed by atoms with Gasteiger partial charge in [0.1, 0.15) is 5.75 Å². The number of aromatic nitrogens is 2. The van der Waals surface area contributed by atoms with Gasteiger partial charge in [0, 0.05) is 24.8 Å². The lowest BCUT2D eigenvalue weighted by atomic mass is 10.1. The number of hydrogen-bond acceptors (Lipinski definition) is 3. The SMILES string of the molecule is CCCn1cc(CNCCc2cccc(OC)c2)c(C)n1. The van der Waals surface area contributed by atoms with Crippen LogP contribution < -0.4 is 10.1 Å². The minimum Gasteiger partial charge on any atom is -0.497 e. The van der Waals surface area contributed by atoms with Gasteiger partial charge in [-0.2, -0.15) is 5.10 Å². The molecule has 0 aliphatic carbocycles. The maximum Gasteiger partial charge on any atom is 0.119 e. The summed E-state index contributed by atoms with van der Waals surface area (Å²) in [5.74, 6) is 0.921. The van der Waals surface area contributed by atoms with E-state index in [-0.39, 0.29) is 0 Å². The molecule has 0 atom stereocenters. The second-order valence-electron chi connectivity index (χ2n) is 5.28. The van der Waals surface area contributed by atoms with Crippen molar-refractivity contribution in [3.63, 3.8) is 0 Å². The second-order valence-corrected chi connectivity index (χ2v) is 5.28. The smallest absolute Gasteiger partial charge is 0.119 e. The van der Waals surface area contributed by atoms with Crippen molar-refractivity contribution in [2.24, 2.45) is 0 Å². The van der Waals surface area contributed by atoms with Crippen LogP contribution in [0.5, 0.6) is 5.75 Å². The van der Waals surface area contributed by atoms with Crippen molar-refractivity contribution < 1.29 is 4.74 Å². The van der Waals surface area contributed by atoms with Gasteiger partial charge in [-0.1, -0.05) is 19.1 Å². The Bertz CT molecular complexity index is 563. The van der Waals surface area contributed by atoms with Gasteiger partial charge in [0.2, 0.25) is 0 Å². The van der Waals surface area contributed by atoms with E-state index in [1.54, 1.807) is 7.11 Å². The highest BCUT2D eigenvalue weighted by Gasteiger charge is 2.04. The fourth-order valence-corrected chi connectivity index (χ4v) is 2.36. The first-order valence-corrected chi connectivity index (χ1v) is 7.59. The maximum atomic E-state index is 5.24. The van der Waals surface area contributed by atoms with E-state index in [1.165, 1.54) is 11.1 Å². The number of aryl methyl sites for hydroxylation is 2. The molecule has 0 amide bonds. The van der Waals surface area contributed by atoms with E-state index in [0.29, 0.717) is 0 Å². The first kappa shape index (κ1) is 15.6. The van der Waals surface area contributed by atoms with Crippen LogP contribution in [-0.4, -0.2) is 23.4 Å². The van der Waals surface area contributed by atoms with Crippen molar-refractivity contribution in [1.29, 1.82) is 0 Å². The summed E-state index contributed by atoms with van der Waals surface area (Å²) >= 11 is 0. The summed E-state index contributed by atoms with van der Waals surface area (Å²) in [6.45, 7) is 7.06. The van der Waals surface area contributed by atoms with Crippen LogP contribution >= 0.6 is 0 Å². The number of benzene rings is 1. The fourth-order valence-electron chi connectivity index (χ4n) is 2.36. The number of methoxy groups -OCH3 is 1. The molecule has 0 spiro atoms. The first-order valence-electron chi connectivity index (χ1n) is 7.59. The van der Waals surface area contributed by atoms with Crippen LogP contribution in [0.2, 0.25) is 0 Å². The predicted molar refractivity (Wildman–Crippen MR) is 85.7 cm³/mol. The molecule has 1 N–H and O–H groups in total. The molecule has 1 aromatic heterocycles. The summed E-state index contributed by atoms with van der Waals surface area (Å²) in [7, 11) is 1.70. The van der Waals surface area contributed by atoms with Crippen LogP contribution in [0, 0.1) is 6.92 Å². The molecule has 21 heavy (non-hydrogen) atoms. The maximum absolute atomic E-state index is 5.24. The Labute approximate surface area is 127 Å². The van der Waals surface area contributed by atoms with E-state index >= 15 is 0 Å². The lowest BCUT2D eigenvalue weighted by molar-refractivity contribution is 0.414. The van der Waals surface area contributed by atoms with Crippen LogP contribution in [0.15, 0.2) is 30.5 Å². The zero-order valence-electron chi connectivity index (χ0n) is 13.2. The van der Waals surface area contributed by atoms with E-state index in [9.17, 15) is 0 Å². The highest BCUT2D eigenvalue weighted by atomic mass is 16.5. The molecule has 0 saturated heterocycles. The monoisotopic (exact) mass is 287 g/mol. The minimum atomic E-state index is 0.875. The number of nitrogens with zero attached hydrogens (tertiary/aromatic N) is 2. The van der Waals surface area contributed by atoms with Gasteiger partial charge in [-0.15, -0.1) is 0 Å². The number of hydrogen-bond donors (Lipinski definition) is 1. The molecular weight excluding hydrogens is 262 g/mol. The van der Waals surface area contributed by atoms with Gasteiger partial charge < -0.3 is 10.1 Å². The van der Waals surface area contributed by atoms with E-state index in [4.69, 9.17) is 4.74 Å². The summed E-state index contributed by atoms with van der Waals surface area (Å²) in [6, 6.07) is 8.23. The largest absolute Gasteiger partial charge is 0.497 e. The van der Waals surface area contributed by atoms with Gasteiger partial charge in [0.15, 0.2) is 0 Å². The van der Waals surface area contributed by atoms with E-state index in [2.05, 4.69) is 42.6 Å². The summed E-state index contributed by atoms with van der Waals surface area (Å²) in [5.41, 5.74) is 3.70. The average molecular weight is 287 g/mol. The number of nitrogens with one attached hydrogen (secondary N) is 1. The number of rotatable bonds is 8. The van der Waals surface area contributed by atoms with Crippen LogP contribution in [0.3, 0.4) is 0 Å². The van der Waals surface area contributed by atoms with Crippen molar-refractivity contribution >= 4 is 0 Å². The molecule has 0 unspecified atom stereocenters. The van der Waals surface area contributed by atoms with Gasteiger partial charge in [-0.3, -0.25) is 4.68 Å². The van der Waals surface area contributed by atoms with Gasteiger partial charge >= 0.3 is 0 Å². The molecule has 1 aromatic carbocycles. The van der Waals surface area contributed by atoms with Crippen molar-refractivity contribution in [3.8, 4) is 5.75 Å². The third-order valence-electron chi connectivity index (χ3n) is 3.54. The topological polar surface area (TPSA) is 39.1 Å². The zero-order chi connectivity index (χ0) is 15.1. The lowest BCUT2D eigenvalue weighted by Gasteiger charge is -2.06. The molecular formula is C17H25N3O. The standard InChI is InChI=1S/C17H25N3O/c1-4-10-20-13-16(14(2)19-20)12-18-9-8-15-6-5-7-17(11-15)21-3/h5-7,11,13,18H,4,8-10,12H2,1-3H3. The van der Waals surface area contributed by atoms with Crippen LogP contribution in [0.4, 0.5) is 0 Å². The van der Waals surface area contributed by atoms with Crippen LogP contribution in [0.1, 0.15) is 30.2 Å². The zero-order valence-corrected chi connectivity index (χ0v) is 13.2. The Morgan fingerprint density at radius 3 is 2.95 bits per heavy atom. The first-order chi connectivity index (χ1) is 10.2. The molecule has 0 aliphatic heterocycles. The molecule has 1 heterocycles. The summed E-state index contributed by atoms with van der Waals surface area (Å²) in [5, 5.41) is 8.01. The molecule has 2 rings (SSSR count). The Balaban J connectivity index is 1.79. The van der Waals surface area contributed by atoms with Crippen LogP contribution in [0.25, 0.3) is 0 Å². The van der Waals surface area contributed by atoms with E-state index < -0.39 is 0 Å². The molecule has 4 nitrogen and oxygen atoms in total. The molecule has 0 saturated carbocycles. The quantitative estimate of drug-likeness (QED) is 0.759. The van der Waals surface area contributed by atoms with Gasteiger partial charge in [-0.05, 0) is 44.0 Å². The van der Waals surface area contributed by atoms with Crippen LogP contribution in [-0.2, 0) is 19.5 Å². The van der Waals surface area contributed by atoms with Crippen molar-refractivity contribution in [1.82, 2.24) is 15.1 Å². The third-order valence-corrected chi connectivity index (χ3v) is 3.54. The Kier molecular flexibility index (Phi) is 5.81. The molecule has 0 aliphatic rings. The highest BCUT2D eigenvalue weighted by Crippen LogP contribution is 2.12. The second kappa shape index (κ2) is 7.84. The highest BCUT2D eigenvalue weighted by molar-refractivity contribution is 5.28. The Hall–Kier alpha value is -1.81. The van der Waals surface area contributed by atoms with E-state index in [0.717, 1.165) is 43.9 Å². The van der Waals surface area contributed by atoms with Crippen molar-refractivity contribution in [3.05, 3.63) is 47.3 Å². The molecule has 4 heteroatoms. The Morgan fingerprint density at radius 1 is 1.33 bits per heavy atom. The molecule has 0 bridgehead atoms. The van der Waals surface area contributed by atoms with E-state index in [1.807, 2.05) is 16.8 Å². The van der Waals surface area contributed by atoms with Gasteiger partial charge in [-0.25, -0.2) is 0 Å². The predicted octanol–water partition coefficient (Wildman–Crippen LogP) is 2.94. The van der Waals surface area contributed by atoms with Gasteiger partial charge in [0.05, 0.1) is 12.8 Å². The molecule has 0 radical (unpaired) electrons. The number of ether oxygens (including phenoxy) is 1.